The van der Waals surface area contributed by atoms with Crippen LogP contribution in [0, 0.1) is 17.2 Å². The van der Waals surface area contributed by atoms with E-state index >= 15 is 0 Å². The smallest absolute Gasteiger partial charge is 0.244 e. The molecule has 1 saturated heterocycles. The predicted octanol–water partition coefficient (Wildman–Crippen LogP) is 2.26. The highest BCUT2D eigenvalue weighted by atomic mass is 35.5. The first kappa shape index (κ1) is 16.2. The van der Waals surface area contributed by atoms with Crippen LogP contribution in [0.4, 0.5) is 0 Å². The number of hydrogen-bond donors (Lipinski definition) is 0. The highest BCUT2D eigenvalue weighted by Gasteiger charge is 2.31. The maximum absolute atomic E-state index is 12.7. The molecule has 0 bridgehead atoms. The maximum Gasteiger partial charge on any atom is 0.244 e. The Morgan fingerprint density at radius 1 is 1.52 bits per heavy atom. The van der Waals surface area contributed by atoms with E-state index in [0.29, 0.717) is 19.7 Å². The molecule has 0 radical (unpaired) electrons. The van der Waals surface area contributed by atoms with Crippen molar-refractivity contribution in [3.05, 3.63) is 28.8 Å². The van der Waals surface area contributed by atoms with Gasteiger partial charge in [0.15, 0.2) is 0 Å². The first-order valence-corrected chi connectivity index (χ1v) is 8.49. The number of ether oxygens (including phenoxy) is 1. The third kappa shape index (κ3) is 3.55. The minimum absolute atomic E-state index is 0.00119. The van der Waals surface area contributed by atoms with Crippen molar-refractivity contribution in [3.63, 3.8) is 0 Å². The lowest BCUT2D eigenvalue weighted by atomic mass is 10.0. The molecule has 0 spiro atoms. The van der Waals surface area contributed by atoms with Crippen LogP contribution in [0.3, 0.4) is 0 Å². The Labute approximate surface area is 130 Å². The number of nitriles is 1. The van der Waals surface area contributed by atoms with Gasteiger partial charge in [-0.3, -0.25) is 0 Å². The summed E-state index contributed by atoms with van der Waals surface area (Å²) in [4.78, 5) is 0.00119. The molecular weight excluding hydrogens is 312 g/mol. The molecule has 0 N–H and O–H groups in total. The number of nitrogens with zero attached hydrogens (tertiary/aromatic N) is 2. The molecule has 2 rings (SSSR count). The number of rotatable bonds is 4. The fourth-order valence-corrected chi connectivity index (χ4v) is 4.58. The van der Waals surface area contributed by atoms with E-state index in [9.17, 15) is 8.42 Å². The summed E-state index contributed by atoms with van der Waals surface area (Å²) in [6, 6.07) is 6.22. The van der Waals surface area contributed by atoms with E-state index in [1.807, 2.05) is 6.07 Å². The molecule has 1 aliphatic heterocycles. The van der Waals surface area contributed by atoms with E-state index in [0.717, 1.165) is 12.8 Å². The van der Waals surface area contributed by atoms with Crippen LogP contribution in [-0.2, 0) is 14.8 Å². The van der Waals surface area contributed by atoms with Crippen molar-refractivity contribution in [2.45, 2.75) is 17.7 Å². The highest BCUT2D eigenvalue weighted by Crippen LogP contribution is 2.29. The average molecular weight is 329 g/mol. The van der Waals surface area contributed by atoms with Gasteiger partial charge in [-0.2, -0.15) is 9.57 Å². The predicted molar refractivity (Wildman–Crippen MR) is 79.5 cm³/mol. The number of hydrogen-bond acceptors (Lipinski definition) is 4. The van der Waals surface area contributed by atoms with Crippen molar-refractivity contribution in [1.82, 2.24) is 4.31 Å². The maximum atomic E-state index is 12.7. The van der Waals surface area contributed by atoms with Crippen LogP contribution in [0.15, 0.2) is 23.1 Å². The van der Waals surface area contributed by atoms with Gasteiger partial charge in [0, 0.05) is 20.2 Å². The van der Waals surface area contributed by atoms with E-state index in [1.165, 1.54) is 22.5 Å². The summed E-state index contributed by atoms with van der Waals surface area (Å²) in [5.41, 5.74) is 0.281. The van der Waals surface area contributed by atoms with Gasteiger partial charge in [0.2, 0.25) is 10.0 Å². The minimum Gasteiger partial charge on any atom is -0.384 e. The van der Waals surface area contributed by atoms with E-state index in [1.54, 1.807) is 7.11 Å². The summed E-state index contributed by atoms with van der Waals surface area (Å²) in [5.74, 6) is 0.191. The van der Waals surface area contributed by atoms with Crippen molar-refractivity contribution < 1.29 is 13.2 Å². The molecule has 1 fully saturated rings. The van der Waals surface area contributed by atoms with Gasteiger partial charge in [-0.05, 0) is 37.0 Å². The van der Waals surface area contributed by atoms with Gasteiger partial charge in [0.25, 0.3) is 0 Å². The van der Waals surface area contributed by atoms with Crippen LogP contribution in [0.5, 0.6) is 0 Å². The second kappa shape index (κ2) is 6.75. The molecule has 0 aromatic heterocycles. The van der Waals surface area contributed by atoms with Gasteiger partial charge in [0.05, 0.1) is 23.3 Å². The molecular formula is C14H17ClN2O3S. The Morgan fingerprint density at radius 2 is 2.29 bits per heavy atom. The number of methoxy groups -OCH3 is 1. The fraction of sp³-hybridized carbons (Fsp3) is 0.500. The third-order valence-corrected chi connectivity index (χ3v) is 5.91. The molecule has 0 aliphatic carbocycles. The quantitative estimate of drug-likeness (QED) is 0.850. The van der Waals surface area contributed by atoms with Gasteiger partial charge in [-0.25, -0.2) is 8.42 Å². The normalized spacial score (nSPS) is 20.1. The van der Waals surface area contributed by atoms with E-state index in [2.05, 4.69) is 0 Å². The Kier molecular flexibility index (Phi) is 5.22. The number of halogens is 1. The van der Waals surface area contributed by atoms with Gasteiger partial charge in [0.1, 0.15) is 4.90 Å². The molecule has 21 heavy (non-hydrogen) atoms. The zero-order valence-corrected chi connectivity index (χ0v) is 13.3. The first-order valence-electron chi connectivity index (χ1n) is 6.67. The number of sulfonamides is 1. The van der Waals surface area contributed by atoms with Gasteiger partial charge in [-0.1, -0.05) is 11.6 Å². The van der Waals surface area contributed by atoms with Gasteiger partial charge < -0.3 is 4.74 Å². The van der Waals surface area contributed by atoms with Crippen LogP contribution in [0.25, 0.3) is 0 Å². The molecule has 5 nitrogen and oxygen atoms in total. The largest absolute Gasteiger partial charge is 0.384 e. The molecule has 0 amide bonds. The topological polar surface area (TPSA) is 70.4 Å². The van der Waals surface area contributed by atoms with Crippen molar-refractivity contribution in [1.29, 1.82) is 5.26 Å². The van der Waals surface area contributed by atoms with Crippen LogP contribution in [0.2, 0.25) is 5.02 Å². The van der Waals surface area contributed by atoms with Crippen molar-refractivity contribution >= 4 is 21.6 Å². The average Bonchev–Trinajstić information content (AvgIpc) is 2.48. The third-order valence-electron chi connectivity index (χ3n) is 3.56. The zero-order valence-electron chi connectivity index (χ0n) is 11.8. The Balaban J connectivity index is 2.31. The SMILES string of the molecule is COCC1CCCN(S(=O)(=O)c2cc(C#N)ccc2Cl)C1. The van der Waals surface area contributed by atoms with Crippen molar-refractivity contribution in [3.8, 4) is 6.07 Å². The lowest BCUT2D eigenvalue weighted by Crippen LogP contribution is -2.41. The highest BCUT2D eigenvalue weighted by molar-refractivity contribution is 7.89. The minimum atomic E-state index is -3.68. The fourth-order valence-electron chi connectivity index (χ4n) is 2.53. The first-order chi connectivity index (χ1) is 9.98. The summed E-state index contributed by atoms with van der Waals surface area (Å²) in [5, 5.41) is 9.06. The standard InChI is InChI=1S/C14H17ClN2O3S/c1-20-10-12-3-2-6-17(9-12)21(18,19)14-7-11(8-16)4-5-13(14)15/h4-5,7,12H,2-3,6,9-10H2,1H3. The summed E-state index contributed by atoms with van der Waals surface area (Å²) in [7, 11) is -2.07. The van der Waals surface area contributed by atoms with Crippen molar-refractivity contribution in [2.24, 2.45) is 5.92 Å². The summed E-state index contributed by atoms with van der Waals surface area (Å²) >= 11 is 6.01. The van der Waals surface area contributed by atoms with Gasteiger partial charge in [-0.15, -0.1) is 0 Å². The number of piperidine rings is 1. The molecule has 1 atom stereocenters. The van der Waals surface area contributed by atoms with Crippen molar-refractivity contribution in [2.75, 3.05) is 26.8 Å². The second-order valence-corrected chi connectivity index (χ2v) is 7.40. The van der Waals surface area contributed by atoms with E-state index in [-0.39, 0.29) is 21.4 Å². The molecule has 1 aromatic rings. The Bertz CT molecular complexity index is 653. The summed E-state index contributed by atoms with van der Waals surface area (Å²) in [6.45, 7) is 1.43. The summed E-state index contributed by atoms with van der Waals surface area (Å²) < 4.78 is 32.0. The lowest BCUT2D eigenvalue weighted by molar-refractivity contribution is 0.118. The molecule has 1 aromatic carbocycles. The van der Waals surface area contributed by atoms with Crippen LogP contribution < -0.4 is 0 Å². The molecule has 1 aliphatic rings. The molecule has 7 heteroatoms. The zero-order chi connectivity index (χ0) is 15.5. The molecule has 114 valence electrons. The van der Waals surface area contributed by atoms with Crippen LogP contribution in [-0.4, -0.2) is 39.5 Å². The monoisotopic (exact) mass is 328 g/mol. The molecule has 0 saturated carbocycles. The Morgan fingerprint density at radius 3 is 2.95 bits per heavy atom. The lowest BCUT2D eigenvalue weighted by Gasteiger charge is -2.31. The van der Waals surface area contributed by atoms with Crippen LogP contribution >= 0.6 is 11.6 Å². The molecule has 1 heterocycles. The Hall–Kier alpha value is -1.13. The molecule has 1 unspecified atom stereocenters. The number of benzene rings is 1. The summed E-state index contributed by atoms with van der Waals surface area (Å²) in [6.07, 6.45) is 1.74. The van der Waals surface area contributed by atoms with Gasteiger partial charge >= 0.3 is 0 Å². The van der Waals surface area contributed by atoms with Crippen LogP contribution in [0.1, 0.15) is 18.4 Å². The second-order valence-electron chi connectivity index (χ2n) is 5.08. The van der Waals surface area contributed by atoms with E-state index in [4.69, 9.17) is 21.6 Å². The van der Waals surface area contributed by atoms with E-state index < -0.39 is 10.0 Å².